The lowest BCUT2D eigenvalue weighted by Crippen LogP contribution is -2.57. The van der Waals surface area contributed by atoms with Crippen molar-refractivity contribution in [3.8, 4) is 0 Å². The number of hydrogen-bond acceptors (Lipinski definition) is 6. The lowest BCUT2D eigenvalue weighted by atomic mass is 9.86. The van der Waals surface area contributed by atoms with E-state index in [0.717, 1.165) is 46.2 Å². The molecule has 4 amide bonds. The summed E-state index contributed by atoms with van der Waals surface area (Å²) in [5.41, 5.74) is 7.31. The zero-order valence-electron chi connectivity index (χ0n) is 32.7. The van der Waals surface area contributed by atoms with Crippen LogP contribution >= 0.6 is 0 Å². The van der Waals surface area contributed by atoms with E-state index >= 15 is 0 Å². The quantitative estimate of drug-likeness (QED) is 0.111. The van der Waals surface area contributed by atoms with Crippen molar-refractivity contribution in [3.63, 3.8) is 0 Å². The average Bonchev–Trinajstić information content (AvgIpc) is 3.10. The molecule has 0 aliphatic heterocycles. The van der Waals surface area contributed by atoms with E-state index in [-0.39, 0.29) is 31.3 Å². The number of benzene rings is 2. The third-order valence-corrected chi connectivity index (χ3v) is 10.1. The summed E-state index contributed by atoms with van der Waals surface area (Å²) in [5.74, 6) is -0.789. The van der Waals surface area contributed by atoms with E-state index in [1.165, 1.54) is 5.56 Å². The maximum atomic E-state index is 14.1. The Hall–Kier alpha value is -3.92. The molecule has 10 nitrogen and oxygen atoms in total. The Bertz CT molecular complexity index is 1410. The van der Waals surface area contributed by atoms with Crippen LogP contribution in [0.4, 0.5) is 4.79 Å². The number of aliphatic hydroxyl groups is 1. The van der Waals surface area contributed by atoms with Crippen LogP contribution in [0.3, 0.4) is 0 Å². The van der Waals surface area contributed by atoms with E-state index in [9.17, 15) is 24.3 Å². The first kappa shape index (κ1) is 43.2. The molecule has 2 rings (SSSR count). The minimum absolute atomic E-state index is 0.0402. The number of nitrogens with one attached hydrogen (secondary N) is 4. The summed E-state index contributed by atoms with van der Waals surface area (Å²) in [7, 11) is 0. The molecule has 10 heteroatoms. The summed E-state index contributed by atoms with van der Waals surface area (Å²) in [4.78, 5) is 53.8. The number of carbonyl (C=O) groups excluding carboxylic acids is 4. The molecule has 51 heavy (non-hydrogen) atoms. The Morgan fingerprint density at radius 3 is 1.94 bits per heavy atom. The van der Waals surface area contributed by atoms with Crippen LogP contribution < -0.4 is 21.3 Å². The van der Waals surface area contributed by atoms with Crippen LogP contribution in [0.1, 0.15) is 112 Å². The molecular weight excluding hydrogens is 644 g/mol. The summed E-state index contributed by atoms with van der Waals surface area (Å²) in [5, 5.41) is 22.7. The van der Waals surface area contributed by atoms with E-state index in [1.54, 1.807) is 0 Å². The fourth-order valence-electron chi connectivity index (χ4n) is 6.09. The van der Waals surface area contributed by atoms with Crippen LogP contribution in [0.2, 0.25) is 0 Å². The lowest BCUT2D eigenvalue weighted by molar-refractivity contribution is -0.131. The van der Waals surface area contributed by atoms with Gasteiger partial charge in [-0.15, -0.1) is 0 Å². The van der Waals surface area contributed by atoms with Crippen LogP contribution in [0, 0.1) is 46.5 Å². The van der Waals surface area contributed by atoms with Crippen molar-refractivity contribution in [1.82, 2.24) is 21.3 Å². The van der Waals surface area contributed by atoms with Gasteiger partial charge in [0.1, 0.15) is 18.7 Å². The van der Waals surface area contributed by atoms with Gasteiger partial charge in [-0.1, -0.05) is 84.2 Å². The van der Waals surface area contributed by atoms with Gasteiger partial charge in [0, 0.05) is 13.0 Å². The van der Waals surface area contributed by atoms with Gasteiger partial charge in [0.2, 0.25) is 17.7 Å². The molecule has 2 aromatic carbocycles. The number of carbonyl (C=O) groups is 4. The zero-order valence-corrected chi connectivity index (χ0v) is 32.7. The van der Waals surface area contributed by atoms with Gasteiger partial charge in [-0.05, 0) is 98.2 Å². The second-order valence-corrected chi connectivity index (χ2v) is 14.6. The molecule has 0 saturated heterocycles. The fraction of sp³-hybridized carbons (Fsp3) is 0.610. The number of aliphatic hydroxyl groups excluding tert-OH is 1. The zero-order chi connectivity index (χ0) is 38.2. The van der Waals surface area contributed by atoms with Gasteiger partial charge in [-0.2, -0.15) is 0 Å². The topological polar surface area (TPSA) is 146 Å². The van der Waals surface area contributed by atoms with Crippen molar-refractivity contribution >= 4 is 23.8 Å². The minimum Gasteiger partial charge on any atom is -0.445 e. The van der Waals surface area contributed by atoms with Gasteiger partial charge in [0.15, 0.2) is 0 Å². The Balaban J connectivity index is 2.34. The molecule has 0 aliphatic rings. The number of ether oxygens (including phenoxy) is 1. The van der Waals surface area contributed by atoms with E-state index < -0.39 is 42.1 Å². The average molecular weight is 709 g/mol. The number of amides is 4. The van der Waals surface area contributed by atoms with Crippen molar-refractivity contribution in [1.29, 1.82) is 0 Å². The maximum absolute atomic E-state index is 14.1. The highest BCUT2D eigenvalue weighted by molar-refractivity contribution is 5.91. The van der Waals surface area contributed by atoms with Gasteiger partial charge < -0.3 is 31.1 Å². The van der Waals surface area contributed by atoms with E-state index in [2.05, 4.69) is 49.0 Å². The molecule has 0 radical (unpaired) electrons. The van der Waals surface area contributed by atoms with Gasteiger partial charge in [-0.3, -0.25) is 14.4 Å². The summed E-state index contributed by atoms with van der Waals surface area (Å²) in [6.45, 7) is 20.9. The van der Waals surface area contributed by atoms with Gasteiger partial charge in [-0.25, -0.2) is 4.79 Å². The summed E-state index contributed by atoms with van der Waals surface area (Å²) < 4.78 is 5.51. The molecule has 5 atom stereocenters. The Kier molecular flexibility index (Phi) is 18.2. The van der Waals surface area contributed by atoms with Crippen LogP contribution in [0.25, 0.3) is 0 Å². The molecule has 0 fully saturated rings. The van der Waals surface area contributed by atoms with Gasteiger partial charge >= 0.3 is 6.09 Å². The van der Waals surface area contributed by atoms with Crippen molar-refractivity contribution in [3.05, 3.63) is 69.3 Å². The third-order valence-electron chi connectivity index (χ3n) is 10.1. The molecule has 5 N–H and O–H groups in total. The highest BCUT2D eigenvalue weighted by atomic mass is 16.5. The number of rotatable bonds is 20. The first-order valence-electron chi connectivity index (χ1n) is 18.7. The summed E-state index contributed by atoms with van der Waals surface area (Å²) >= 11 is 0. The van der Waals surface area contributed by atoms with Crippen LogP contribution in [-0.4, -0.2) is 59.7 Å². The highest BCUT2D eigenvalue weighted by Crippen LogP contribution is 2.27. The van der Waals surface area contributed by atoms with Crippen molar-refractivity contribution < 1.29 is 29.0 Å². The Morgan fingerprint density at radius 2 is 1.37 bits per heavy atom. The molecule has 0 spiro atoms. The van der Waals surface area contributed by atoms with Gasteiger partial charge in [0.25, 0.3) is 0 Å². The SMILES string of the molecule is CCCC[C@H](NC(=O)[C@H](Cc1c(C)c(C)c(C)c(C)c1C)NC(=O)OCc1ccccc1)C(=O)NC(CC(C)C)C(O)CC(=O)NCC(C)CC. The van der Waals surface area contributed by atoms with E-state index in [1.807, 2.05) is 71.9 Å². The second-order valence-electron chi connectivity index (χ2n) is 14.6. The fourth-order valence-corrected chi connectivity index (χ4v) is 6.09. The lowest BCUT2D eigenvalue weighted by Gasteiger charge is -2.29. The summed E-state index contributed by atoms with van der Waals surface area (Å²) in [6, 6.07) is 6.64. The Labute approximate surface area is 306 Å². The maximum Gasteiger partial charge on any atom is 0.408 e. The minimum atomic E-state index is -1.11. The molecule has 0 aromatic heterocycles. The predicted octanol–water partition coefficient (Wildman–Crippen LogP) is 6.19. The number of hydrogen-bond donors (Lipinski definition) is 5. The summed E-state index contributed by atoms with van der Waals surface area (Å²) in [6.07, 6.45) is 1.40. The van der Waals surface area contributed by atoms with Crippen LogP contribution in [0.5, 0.6) is 0 Å². The molecule has 284 valence electrons. The second kappa shape index (κ2) is 21.4. The van der Waals surface area contributed by atoms with Crippen molar-refractivity contribution in [2.45, 2.75) is 145 Å². The number of alkyl carbamates (subject to hydrolysis) is 1. The smallest absolute Gasteiger partial charge is 0.408 e. The van der Waals surface area contributed by atoms with Crippen molar-refractivity contribution in [2.75, 3.05) is 6.54 Å². The van der Waals surface area contributed by atoms with Gasteiger partial charge in [0.05, 0.1) is 18.6 Å². The van der Waals surface area contributed by atoms with E-state index in [4.69, 9.17) is 4.74 Å². The molecule has 0 bridgehead atoms. The van der Waals surface area contributed by atoms with Crippen LogP contribution in [0.15, 0.2) is 30.3 Å². The van der Waals surface area contributed by atoms with Crippen LogP contribution in [-0.2, 0) is 32.1 Å². The highest BCUT2D eigenvalue weighted by Gasteiger charge is 2.32. The monoisotopic (exact) mass is 708 g/mol. The first-order valence-corrected chi connectivity index (χ1v) is 18.7. The molecule has 0 heterocycles. The molecule has 0 aliphatic carbocycles. The largest absolute Gasteiger partial charge is 0.445 e. The molecule has 3 unspecified atom stereocenters. The molecule has 2 aromatic rings. The molecule has 0 saturated carbocycles. The standard InChI is InChI=1S/C41H64N4O6/c1-11-13-19-34(39(48)44-35(20-25(3)4)37(46)22-38(47)42-23-26(5)12-2)43-40(49)36(45-41(50)51-24-32-17-15-14-16-18-32)21-33-30(9)28(7)27(6)29(8)31(33)10/h14-18,25-26,34-37,46H,11-13,19-24H2,1-10H3,(H,42,47)(H,43,49)(H,44,48)(H,45,50)/t26?,34-,35?,36-,37?/m0/s1. The first-order chi connectivity index (χ1) is 24.1. The molecular formula is C41H64N4O6. The normalized spacial score (nSPS) is 14.2. The number of unbranched alkanes of at least 4 members (excludes halogenated alkanes) is 1. The Morgan fingerprint density at radius 1 is 0.784 bits per heavy atom. The predicted molar refractivity (Wildman–Crippen MR) is 203 cm³/mol. The third kappa shape index (κ3) is 14.0. The van der Waals surface area contributed by atoms with Crippen molar-refractivity contribution in [2.24, 2.45) is 11.8 Å². The van der Waals surface area contributed by atoms with E-state index in [0.29, 0.717) is 31.7 Å².